The molecule has 1 aliphatic heterocycles. The van der Waals surface area contributed by atoms with Crippen molar-refractivity contribution in [3.8, 4) is 0 Å². The molecule has 1 heterocycles. The Morgan fingerprint density at radius 2 is 1.75 bits per heavy atom. The summed E-state index contributed by atoms with van der Waals surface area (Å²) in [5.74, 6) is 0. The first kappa shape index (κ1) is 13.9. The average molecular weight is 249 g/mol. The molecule has 0 aliphatic carbocycles. The van der Waals surface area contributed by atoms with Crippen molar-refractivity contribution in [1.29, 1.82) is 0 Å². The Bertz CT molecular complexity index is 284. The Morgan fingerprint density at radius 3 is 2.25 bits per heavy atom. The van der Waals surface area contributed by atoms with Gasteiger partial charge in [-0.2, -0.15) is 4.31 Å². The van der Waals surface area contributed by atoms with E-state index in [-0.39, 0.29) is 0 Å². The fraction of sp³-hybridized carbons (Fsp3) is 1.00. The second kappa shape index (κ2) is 6.54. The number of sulfonamides is 1. The van der Waals surface area contributed by atoms with Gasteiger partial charge >= 0.3 is 0 Å². The molecule has 0 aromatic carbocycles. The van der Waals surface area contributed by atoms with Gasteiger partial charge in [0.05, 0.1) is 6.26 Å². The van der Waals surface area contributed by atoms with Crippen molar-refractivity contribution in [2.75, 3.05) is 52.1 Å². The smallest absolute Gasteiger partial charge is 0.211 e. The van der Waals surface area contributed by atoms with Gasteiger partial charge in [-0.15, -0.1) is 0 Å². The van der Waals surface area contributed by atoms with Crippen molar-refractivity contribution in [3.63, 3.8) is 0 Å². The fourth-order valence-corrected chi connectivity index (χ4v) is 2.65. The third-order valence-electron chi connectivity index (χ3n) is 2.83. The maximum Gasteiger partial charge on any atom is 0.211 e. The summed E-state index contributed by atoms with van der Waals surface area (Å²) in [5.41, 5.74) is 0. The van der Waals surface area contributed by atoms with E-state index in [2.05, 4.69) is 17.1 Å². The lowest BCUT2D eigenvalue weighted by atomic mass is 10.3. The zero-order valence-corrected chi connectivity index (χ0v) is 11.1. The topological polar surface area (TPSA) is 52.6 Å². The molecule has 1 N–H and O–H groups in total. The molecule has 1 rings (SSSR count). The Morgan fingerprint density at radius 1 is 1.12 bits per heavy atom. The number of hydrogen-bond acceptors (Lipinski definition) is 4. The molecule has 1 aliphatic rings. The third kappa shape index (κ3) is 4.78. The largest absolute Gasteiger partial charge is 0.315 e. The van der Waals surface area contributed by atoms with Gasteiger partial charge in [-0.25, -0.2) is 8.42 Å². The summed E-state index contributed by atoms with van der Waals surface area (Å²) in [6, 6.07) is 0. The van der Waals surface area contributed by atoms with Crippen molar-refractivity contribution < 1.29 is 8.42 Å². The highest BCUT2D eigenvalue weighted by molar-refractivity contribution is 7.88. The van der Waals surface area contributed by atoms with Gasteiger partial charge < -0.3 is 5.32 Å². The summed E-state index contributed by atoms with van der Waals surface area (Å²) in [6.45, 7) is 8.17. The quantitative estimate of drug-likeness (QED) is 0.649. The molecule has 1 saturated heterocycles. The van der Waals surface area contributed by atoms with E-state index < -0.39 is 10.0 Å². The Balaban J connectivity index is 2.17. The second-order valence-electron chi connectivity index (χ2n) is 4.25. The molecule has 5 nitrogen and oxygen atoms in total. The summed E-state index contributed by atoms with van der Waals surface area (Å²) >= 11 is 0. The first-order valence-electron chi connectivity index (χ1n) is 5.92. The Hall–Kier alpha value is -0.170. The molecule has 0 aromatic heterocycles. The van der Waals surface area contributed by atoms with Gasteiger partial charge in [-0.1, -0.05) is 6.92 Å². The van der Waals surface area contributed by atoms with Crippen LogP contribution in [0.2, 0.25) is 0 Å². The van der Waals surface area contributed by atoms with Crippen LogP contribution in [0, 0.1) is 0 Å². The van der Waals surface area contributed by atoms with Crippen LogP contribution in [-0.4, -0.2) is 69.7 Å². The molecule has 0 radical (unpaired) electrons. The summed E-state index contributed by atoms with van der Waals surface area (Å²) in [6.07, 6.45) is 2.44. The van der Waals surface area contributed by atoms with Crippen LogP contribution < -0.4 is 5.32 Å². The summed E-state index contributed by atoms with van der Waals surface area (Å²) in [4.78, 5) is 2.31. The lowest BCUT2D eigenvalue weighted by Crippen LogP contribution is -2.49. The fourth-order valence-electron chi connectivity index (χ4n) is 1.82. The predicted molar refractivity (Wildman–Crippen MR) is 66.0 cm³/mol. The summed E-state index contributed by atoms with van der Waals surface area (Å²) < 4.78 is 24.1. The zero-order chi connectivity index (χ0) is 12.0. The Kier molecular flexibility index (Phi) is 5.68. The van der Waals surface area contributed by atoms with Crippen LogP contribution in [0.1, 0.15) is 13.3 Å². The molecule has 0 unspecified atom stereocenters. The lowest BCUT2D eigenvalue weighted by Gasteiger charge is -2.33. The molecule has 0 saturated carbocycles. The van der Waals surface area contributed by atoms with E-state index in [4.69, 9.17) is 0 Å². The first-order valence-corrected chi connectivity index (χ1v) is 7.77. The monoisotopic (exact) mass is 249 g/mol. The normalized spacial score (nSPS) is 20.1. The van der Waals surface area contributed by atoms with Crippen LogP contribution in [0.4, 0.5) is 0 Å². The van der Waals surface area contributed by atoms with Crippen LogP contribution in [0.5, 0.6) is 0 Å². The highest BCUT2D eigenvalue weighted by Crippen LogP contribution is 2.04. The van der Waals surface area contributed by atoms with Gasteiger partial charge in [-0.3, -0.25) is 4.90 Å². The van der Waals surface area contributed by atoms with Crippen molar-refractivity contribution in [1.82, 2.24) is 14.5 Å². The molecule has 6 heteroatoms. The van der Waals surface area contributed by atoms with Gasteiger partial charge in [0.2, 0.25) is 10.0 Å². The molecule has 1 fully saturated rings. The van der Waals surface area contributed by atoms with Crippen molar-refractivity contribution in [2.24, 2.45) is 0 Å². The number of nitrogens with zero attached hydrogens (tertiary/aromatic N) is 2. The van der Waals surface area contributed by atoms with Gasteiger partial charge in [-0.05, 0) is 13.0 Å². The average Bonchev–Trinajstić information content (AvgIpc) is 2.24. The van der Waals surface area contributed by atoms with E-state index in [0.29, 0.717) is 13.1 Å². The van der Waals surface area contributed by atoms with Gasteiger partial charge in [0.25, 0.3) is 0 Å². The van der Waals surface area contributed by atoms with E-state index >= 15 is 0 Å². The number of nitrogens with one attached hydrogen (secondary N) is 1. The van der Waals surface area contributed by atoms with E-state index in [1.165, 1.54) is 6.26 Å². The first-order chi connectivity index (χ1) is 7.54. The van der Waals surface area contributed by atoms with Gasteiger partial charge in [0.15, 0.2) is 0 Å². The van der Waals surface area contributed by atoms with Crippen LogP contribution in [-0.2, 0) is 10.0 Å². The molecule has 16 heavy (non-hydrogen) atoms. The predicted octanol–water partition coefficient (Wildman–Crippen LogP) is -0.437. The summed E-state index contributed by atoms with van der Waals surface area (Å²) in [5, 5.41) is 3.35. The zero-order valence-electron chi connectivity index (χ0n) is 10.3. The van der Waals surface area contributed by atoms with Gasteiger partial charge in [0.1, 0.15) is 0 Å². The van der Waals surface area contributed by atoms with Crippen molar-refractivity contribution >= 4 is 10.0 Å². The second-order valence-corrected chi connectivity index (χ2v) is 6.24. The van der Waals surface area contributed by atoms with Crippen LogP contribution in [0.25, 0.3) is 0 Å². The number of hydrogen-bond donors (Lipinski definition) is 1. The minimum Gasteiger partial charge on any atom is -0.315 e. The van der Waals surface area contributed by atoms with Crippen LogP contribution in [0.3, 0.4) is 0 Å². The SMILES string of the molecule is CCCNCCN1CCN(S(C)(=O)=O)CC1. The number of piperazine rings is 1. The van der Waals surface area contributed by atoms with E-state index in [0.717, 1.165) is 39.1 Å². The van der Waals surface area contributed by atoms with Gasteiger partial charge in [0, 0.05) is 39.3 Å². The van der Waals surface area contributed by atoms with Crippen molar-refractivity contribution in [3.05, 3.63) is 0 Å². The van der Waals surface area contributed by atoms with Crippen LogP contribution >= 0.6 is 0 Å². The maximum atomic E-state index is 11.3. The molecule has 0 atom stereocenters. The third-order valence-corrected chi connectivity index (χ3v) is 4.14. The van der Waals surface area contributed by atoms with E-state index in [1.807, 2.05) is 0 Å². The number of rotatable bonds is 6. The molecular formula is C10H23N3O2S. The summed E-state index contributed by atoms with van der Waals surface area (Å²) in [7, 11) is -2.99. The van der Waals surface area contributed by atoms with Crippen molar-refractivity contribution in [2.45, 2.75) is 13.3 Å². The van der Waals surface area contributed by atoms with E-state index in [1.54, 1.807) is 4.31 Å². The minimum absolute atomic E-state index is 0.632. The maximum absolute atomic E-state index is 11.3. The Labute approximate surface area is 98.8 Å². The molecule has 0 bridgehead atoms. The molecular weight excluding hydrogens is 226 g/mol. The standard InChI is InChI=1S/C10H23N3O2S/c1-3-4-11-5-6-12-7-9-13(10-8-12)16(2,14)15/h11H,3-10H2,1-2H3. The molecule has 0 spiro atoms. The highest BCUT2D eigenvalue weighted by atomic mass is 32.2. The highest BCUT2D eigenvalue weighted by Gasteiger charge is 2.22. The van der Waals surface area contributed by atoms with E-state index in [9.17, 15) is 8.42 Å². The lowest BCUT2D eigenvalue weighted by molar-refractivity contribution is 0.189. The molecule has 0 aromatic rings. The molecule has 96 valence electrons. The molecule has 0 amide bonds. The minimum atomic E-state index is -2.99. The van der Waals surface area contributed by atoms with Crippen LogP contribution in [0.15, 0.2) is 0 Å².